The molecule has 0 radical (unpaired) electrons. The molecule has 0 atom stereocenters. The molecule has 3 aromatic rings. The molecule has 29 heavy (non-hydrogen) atoms. The fourth-order valence-corrected chi connectivity index (χ4v) is 2.54. The Hall–Kier alpha value is -3.49. The average Bonchev–Trinajstić information content (AvgIpc) is 2.63. The predicted octanol–water partition coefficient (Wildman–Crippen LogP) is 5.30. The quantitative estimate of drug-likeness (QED) is 0.473. The minimum atomic E-state index is -4.63. The molecule has 2 heterocycles. The monoisotopic (exact) mass is 405 g/mol. The van der Waals surface area contributed by atoms with Crippen LogP contribution in [0.25, 0.3) is 0 Å². The zero-order valence-electron chi connectivity index (χ0n) is 15.3. The lowest BCUT2D eigenvalue weighted by atomic mass is 10.1. The van der Waals surface area contributed by atoms with E-state index in [0.29, 0.717) is 11.4 Å². The predicted molar refractivity (Wildman–Crippen MR) is 97.4 cm³/mol. The summed E-state index contributed by atoms with van der Waals surface area (Å²) in [7, 11) is 0. The lowest BCUT2D eigenvalue weighted by Gasteiger charge is -2.15. The van der Waals surface area contributed by atoms with Crippen LogP contribution < -0.4 is 10.1 Å². The van der Waals surface area contributed by atoms with Gasteiger partial charge in [0.2, 0.25) is 5.95 Å². The third-order valence-corrected chi connectivity index (χ3v) is 3.93. The van der Waals surface area contributed by atoms with Gasteiger partial charge in [0.25, 0.3) is 5.91 Å². The Bertz CT molecular complexity index is 1070. The number of hydrogen-bond acceptors (Lipinski definition) is 4. The molecule has 0 unspecified atom stereocenters. The molecular formula is C20H15F4N3O2. The summed E-state index contributed by atoms with van der Waals surface area (Å²) in [6, 6.07) is 7.92. The van der Waals surface area contributed by atoms with E-state index >= 15 is 0 Å². The van der Waals surface area contributed by atoms with Crippen molar-refractivity contribution in [3.05, 3.63) is 77.1 Å². The topological polar surface area (TPSA) is 64.1 Å². The Morgan fingerprint density at radius 2 is 1.79 bits per heavy atom. The molecule has 0 aliphatic heterocycles. The molecule has 150 valence electrons. The van der Waals surface area contributed by atoms with Crippen LogP contribution in [0.2, 0.25) is 0 Å². The van der Waals surface area contributed by atoms with Gasteiger partial charge < -0.3 is 10.1 Å². The number of nitrogens with one attached hydrogen (secondary N) is 1. The standard InChI is InChI=1S/C20H15F4N3O2/c1-11-9-14(7-8-25-11)27-19(28)15-4-3-13(20(22,23)24)10-17(15)29-16-5-6-18(21)26-12(16)2/h3-10H,1-2H3,(H,25,27,28). The zero-order chi connectivity index (χ0) is 21.2. The van der Waals surface area contributed by atoms with Gasteiger partial charge in [-0.3, -0.25) is 9.78 Å². The number of alkyl halides is 3. The highest BCUT2D eigenvalue weighted by molar-refractivity contribution is 6.06. The summed E-state index contributed by atoms with van der Waals surface area (Å²) in [4.78, 5) is 20.2. The van der Waals surface area contributed by atoms with Gasteiger partial charge in [-0.05, 0) is 56.3 Å². The van der Waals surface area contributed by atoms with Crippen LogP contribution in [0.15, 0.2) is 48.7 Å². The second-order valence-electron chi connectivity index (χ2n) is 6.17. The van der Waals surface area contributed by atoms with Crippen LogP contribution in [0.1, 0.15) is 27.3 Å². The highest BCUT2D eigenvalue weighted by Crippen LogP contribution is 2.35. The van der Waals surface area contributed by atoms with Crippen LogP contribution in [-0.2, 0) is 6.18 Å². The Kier molecular flexibility index (Phi) is 5.49. The largest absolute Gasteiger partial charge is 0.455 e. The smallest absolute Gasteiger partial charge is 0.416 e. The number of anilines is 1. The van der Waals surface area contributed by atoms with Crippen LogP contribution >= 0.6 is 0 Å². The number of rotatable bonds is 4. The zero-order valence-corrected chi connectivity index (χ0v) is 15.3. The first-order valence-corrected chi connectivity index (χ1v) is 8.40. The SMILES string of the molecule is Cc1cc(NC(=O)c2ccc(C(F)(F)F)cc2Oc2ccc(F)nc2C)ccn1. The first-order valence-electron chi connectivity index (χ1n) is 8.40. The molecule has 2 aromatic heterocycles. The van der Waals surface area contributed by atoms with Crippen molar-refractivity contribution in [1.82, 2.24) is 9.97 Å². The van der Waals surface area contributed by atoms with Gasteiger partial charge in [-0.15, -0.1) is 0 Å². The van der Waals surface area contributed by atoms with Crippen LogP contribution in [0.5, 0.6) is 11.5 Å². The van der Waals surface area contributed by atoms with Crippen molar-refractivity contribution < 1.29 is 27.1 Å². The summed E-state index contributed by atoms with van der Waals surface area (Å²) in [5.74, 6) is -1.74. The molecule has 0 spiro atoms. The number of carbonyl (C=O) groups excluding carboxylic acids is 1. The normalized spacial score (nSPS) is 11.2. The molecule has 5 nitrogen and oxygen atoms in total. The molecule has 0 aliphatic rings. The first kappa shape index (κ1) is 20.2. The van der Waals surface area contributed by atoms with E-state index in [-0.39, 0.29) is 22.8 Å². The highest BCUT2D eigenvalue weighted by Gasteiger charge is 2.32. The summed E-state index contributed by atoms with van der Waals surface area (Å²) >= 11 is 0. The number of pyridine rings is 2. The van der Waals surface area contributed by atoms with E-state index in [1.165, 1.54) is 19.2 Å². The Balaban J connectivity index is 2.00. The maximum atomic E-state index is 13.2. The number of halogens is 4. The van der Waals surface area contributed by atoms with Crippen molar-refractivity contribution in [2.75, 3.05) is 5.32 Å². The summed E-state index contributed by atoms with van der Waals surface area (Å²) in [5, 5.41) is 2.59. The fourth-order valence-electron chi connectivity index (χ4n) is 2.54. The van der Waals surface area contributed by atoms with E-state index in [1.807, 2.05) is 0 Å². The molecule has 1 N–H and O–H groups in total. The van der Waals surface area contributed by atoms with Gasteiger partial charge in [-0.2, -0.15) is 17.6 Å². The van der Waals surface area contributed by atoms with E-state index in [4.69, 9.17) is 4.74 Å². The lowest BCUT2D eigenvalue weighted by Crippen LogP contribution is -2.15. The number of carbonyl (C=O) groups is 1. The van der Waals surface area contributed by atoms with Gasteiger partial charge in [0, 0.05) is 17.6 Å². The fraction of sp³-hybridized carbons (Fsp3) is 0.150. The summed E-state index contributed by atoms with van der Waals surface area (Å²) in [5.41, 5.74) is 0.0823. The van der Waals surface area contributed by atoms with E-state index in [2.05, 4.69) is 15.3 Å². The van der Waals surface area contributed by atoms with Crippen LogP contribution in [0, 0.1) is 19.8 Å². The molecule has 3 rings (SSSR count). The van der Waals surface area contributed by atoms with E-state index in [9.17, 15) is 22.4 Å². The third kappa shape index (κ3) is 4.87. The van der Waals surface area contributed by atoms with Crippen LogP contribution in [0.3, 0.4) is 0 Å². The average molecular weight is 405 g/mol. The summed E-state index contributed by atoms with van der Waals surface area (Å²) in [6.07, 6.45) is -3.14. The molecule has 0 saturated carbocycles. The van der Waals surface area contributed by atoms with Crippen molar-refractivity contribution >= 4 is 11.6 Å². The Morgan fingerprint density at radius 3 is 2.45 bits per heavy atom. The van der Waals surface area contributed by atoms with Gasteiger partial charge in [0.05, 0.1) is 16.8 Å². The van der Waals surface area contributed by atoms with Crippen LogP contribution in [0.4, 0.5) is 23.2 Å². The first-order chi connectivity index (χ1) is 13.6. The minimum absolute atomic E-state index is 0.0273. The van der Waals surface area contributed by atoms with Crippen molar-refractivity contribution in [2.24, 2.45) is 0 Å². The minimum Gasteiger partial charge on any atom is -0.455 e. The van der Waals surface area contributed by atoms with Gasteiger partial charge in [-0.25, -0.2) is 4.98 Å². The molecule has 0 fully saturated rings. The van der Waals surface area contributed by atoms with Crippen molar-refractivity contribution in [1.29, 1.82) is 0 Å². The Morgan fingerprint density at radius 1 is 1.03 bits per heavy atom. The summed E-state index contributed by atoms with van der Waals surface area (Å²) < 4.78 is 58.1. The third-order valence-electron chi connectivity index (χ3n) is 3.93. The number of amides is 1. The highest BCUT2D eigenvalue weighted by atomic mass is 19.4. The lowest BCUT2D eigenvalue weighted by molar-refractivity contribution is -0.137. The molecule has 9 heteroatoms. The van der Waals surface area contributed by atoms with Crippen LogP contribution in [-0.4, -0.2) is 15.9 Å². The number of aromatic nitrogens is 2. The van der Waals surface area contributed by atoms with Crippen molar-refractivity contribution in [2.45, 2.75) is 20.0 Å². The van der Waals surface area contributed by atoms with E-state index in [0.717, 1.165) is 24.3 Å². The van der Waals surface area contributed by atoms with Crippen molar-refractivity contribution in [3.63, 3.8) is 0 Å². The molecular weight excluding hydrogens is 390 g/mol. The number of aryl methyl sites for hydroxylation is 2. The van der Waals surface area contributed by atoms with E-state index < -0.39 is 23.6 Å². The molecule has 1 amide bonds. The maximum absolute atomic E-state index is 13.2. The van der Waals surface area contributed by atoms with Gasteiger partial charge >= 0.3 is 6.18 Å². The molecule has 1 aromatic carbocycles. The van der Waals surface area contributed by atoms with Gasteiger partial charge in [0.15, 0.2) is 0 Å². The van der Waals surface area contributed by atoms with Gasteiger partial charge in [0.1, 0.15) is 11.5 Å². The second kappa shape index (κ2) is 7.86. The molecule has 0 saturated heterocycles. The molecule has 0 bridgehead atoms. The van der Waals surface area contributed by atoms with Gasteiger partial charge in [-0.1, -0.05) is 0 Å². The second-order valence-corrected chi connectivity index (χ2v) is 6.17. The maximum Gasteiger partial charge on any atom is 0.416 e. The molecule has 0 aliphatic carbocycles. The van der Waals surface area contributed by atoms with Crippen molar-refractivity contribution in [3.8, 4) is 11.5 Å². The number of ether oxygens (including phenoxy) is 1. The Labute approximate surface area is 163 Å². The number of hydrogen-bond donors (Lipinski definition) is 1. The number of benzene rings is 1. The van der Waals surface area contributed by atoms with E-state index in [1.54, 1.807) is 19.1 Å². The summed E-state index contributed by atoms with van der Waals surface area (Å²) in [6.45, 7) is 3.16. The number of nitrogens with zero attached hydrogens (tertiary/aromatic N) is 2.